The number of Topliss-reactive ketones (excluding diaryl/α,β-unsaturated/α-hetero) is 1. The van der Waals surface area contributed by atoms with Crippen LogP contribution in [0, 0.1) is 0 Å². The van der Waals surface area contributed by atoms with Crippen LogP contribution in [-0.2, 0) is 4.74 Å². The van der Waals surface area contributed by atoms with E-state index >= 15 is 0 Å². The molecule has 4 rings (SSSR count). The third-order valence-corrected chi connectivity index (χ3v) is 4.32. The highest BCUT2D eigenvalue weighted by molar-refractivity contribution is 6.11. The van der Waals surface area contributed by atoms with Crippen LogP contribution in [0.1, 0.15) is 27.6 Å². The van der Waals surface area contributed by atoms with Crippen LogP contribution in [0.15, 0.2) is 60.9 Å². The van der Waals surface area contributed by atoms with Gasteiger partial charge < -0.3 is 14.7 Å². The van der Waals surface area contributed by atoms with Gasteiger partial charge in [0.25, 0.3) is 0 Å². The summed E-state index contributed by atoms with van der Waals surface area (Å²) in [5, 5.41) is 1.60. The highest BCUT2D eigenvalue weighted by atomic mass is 16.5. The summed E-state index contributed by atoms with van der Waals surface area (Å²) in [6, 6.07) is 15.0. The lowest BCUT2D eigenvalue weighted by Gasteiger charge is -2.11. The number of hydrogen-bond donors (Lipinski definition) is 2. The molecule has 5 nitrogen and oxygen atoms in total. The molecule has 0 bridgehead atoms. The highest BCUT2D eigenvalue weighted by Gasteiger charge is 2.24. The Morgan fingerprint density at radius 2 is 1.36 bits per heavy atom. The third kappa shape index (κ3) is 2.59. The van der Waals surface area contributed by atoms with Gasteiger partial charge in [-0.3, -0.25) is 4.79 Å². The average Bonchev–Trinajstić information content (AvgIpc) is 3.25. The Kier molecular flexibility index (Phi) is 3.61. The first-order chi connectivity index (χ1) is 12.1. The Balaban J connectivity index is 1.58. The zero-order valence-electron chi connectivity index (χ0n) is 13.6. The van der Waals surface area contributed by atoms with Crippen molar-refractivity contribution in [2.75, 3.05) is 0 Å². The van der Waals surface area contributed by atoms with Gasteiger partial charge in [0, 0.05) is 39.8 Å². The van der Waals surface area contributed by atoms with Gasteiger partial charge in [-0.05, 0) is 19.1 Å². The van der Waals surface area contributed by atoms with Crippen LogP contribution < -0.4 is 0 Å². The van der Waals surface area contributed by atoms with E-state index in [1.54, 1.807) is 19.3 Å². The van der Waals surface area contributed by atoms with E-state index in [0.29, 0.717) is 11.1 Å². The van der Waals surface area contributed by atoms with Gasteiger partial charge in [0.15, 0.2) is 6.10 Å². The predicted octanol–water partition coefficient (Wildman–Crippen LogP) is 4.08. The second-order valence-corrected chi connectivity index (χ2v) is 5.91. The lowest BCUT2D eigenvalue weighted by Crippen LogP contribution is -2.24. The molecule has 2 aromatic carbocycles. The van der Waals surface area contributed by atoms with Gasteiger partial charge in [0.05, 0.1) is 5.56 Å². The van der Waals surface area contributed by atoms with E-state index in [4.69, 9.17) is 4.74 Å². The smallest absolute Gasteiger partial charge is 0.341 e. The molecule has 25 heavy (non-hydrogen) atoms. The van der Waals surface area contributed by atoms with E-state index < -0.39 is 12.1 Å². The van der Waals surface area contributed by atoms with Gasteiger partial charge in [-0.25, -0.2) is 4.79 Å². The number of ether oxygens (including phenoxy) is 1. The highest BCUT2D eigenvalue weighted by Crippen LogP contribution is 2.22. The molecule has 0 amide bonds. The summed E-state index contributed by atoms with van der Waals surface area (Å²) >= 11 is 0. The first kappa shape index (κ1) is 15.2. The number of ketones is 1. The number of carbonyl (C=O) groups excluding carboxylic acids is 2. The van der Waals surface area contributed by atoms with E-state index in [2.05, 4.69) is 9.97 Å². The molecule has 0 saturated carbocycles. The Morgan fingerprint density at radius 3 is 2.00 bits per heavy atom. The number of rotatable bonds is 4. The Morgan fingerprint density at radius 1 is 0.840 bits per heavy atom. The molecule has 1 unspecified atom stereocenters. The van der Waals surface area contributed by atoms with E-state index in [9.17, 15) is 9.59 Å². The number of fused-ring (bicyclic) bond motifs is 2. The normalized spacial score (nSPS) is 12.4. The minimum atomic E-state index is -0.875. The van der Waals surface area contributed by atoms with E-state index in [-0.39, 0.29) is 5.78 Å². The number of para-hydroxylation sites is 2. The standard InChI is InChI=1S/C20H16N2O3/c1-12(19(23)15-10-21-17-8-4-2-6-13(15)17)25-20(24)16-11-22-18-9-5-3-7-14(16)18/h2-12,21-22H,1H3. The van der Waals surface area contributed by atoms with Crippen LogP contribution >= 0.6 is 0 Å². The lowest BCUT2D eigenvalue weighted by atomic mass is 10.1. The molecule has 0 spiro atoms. The zero-order chi connectivity index (χ0) is 17.4. The van der Waals surface area contributed by atoms with Crippen LogP contribution in [0.5, 0.6) is 0 Å². The minimum Gasteiger partial charge on any atom is -0.451 e. The number of aromatic nitrogens is 2. The molecule has 0 radical (unpaired) electrons. The fraction of sp³-hybridized carbons (Fsp3) is 0.100. The van der Waals surface area contributed by atoms with E-state index in [1.165, 1.54) is 0 Å². The number of benzene rings is 2. The Labute approximate surface area is 143 Å². The summed E-state index contributed by atoms with van der Waals surface area (Å²) in [5.41, 5.74) is 2.68. The largest absolute Gasteiger partial charge is 0.451 e. The van der Waals surface area contributed by atoms with Crippen LogP contribution in [0.4, 0.5) is 0 Å². The summed E-state index contributed by atoms with van der Waals surface area (Å²) in [4.78, 5) is 31.2. The molecule has 0 aliphatic heterocycles. The molecule has 0 fully saturated rings. The second-order valence-electron chi connectivity index (χ2n) is 5.91. The molecule has 4 aromatic rings. The Bertz CT molecular complexity index is 1090. The number of H-pyrrole nitrogens is 2. The quantitative estimate of drug-likeness (QED) is 0.437. The first-order valence-corrected chi connectivity index (χ1v) is 8.02. The lowest BCUT2D eigenvalue weighted by molar-refractivity contribution is 0.0321. The molecule has 0 aliphatic rings. The topological polar surface area (TPSA) is 75.0 Å². The summed E-state index contributed by atoms with van der Waals surface area (Å²) in [5.74, 6) is -0.746. The van der Waals surface area contributed by atoms with Crippen molar-refractivity contribution in [3.63, 3.8) is 0 Å². The first-order valence-electron chi connectivity index (χ1n) is 8.02. The molecule has 5 heteroatoms. The van der Waals surface area contributed by atoms with Crippen molar-refractivity contribution in [1.82, 2.24) is 9.97 Å². The molecular formula is C20H16N2O3. The number of aromatic amines is 2. The number of esters is 1. The Hall–Kier alpha value is -3.34. The molecule has 0 aliphatic carbocycles. The van der Waals surface area contributed by atoms with Crippen molar-refractivity contribution in [2.24, 2.45) is 0 Å². The maximum absolute atomic E-state index is 12.7. The van der Waals surface area contributed by atoms with Crippen molar-refractivity contribution in [2.45, 2.75) is 13.0 Å². The summed E-state index contributed by atoms with van der Waals surface area (Å²) in [6.07, 6.45) is 2.39. The van der Waals surface area contributed by atoms with Crippen molar-refractivity contribution >= 4 is 33.6 Å². The molecular weight excluding hydrogens is 316 g/mol. The van der Waals surface area contributed by atoms with Gasteiger partial charge in [-0.15, -0.1) is 0 Å². The maximum Gasteiger partial charge on any atom is 0.341 e. The summed E-state index contributed by atoms with van der Waals surface area (Å²) < 4.78 is 5.41. The second kappa shape index (κ2) is 5.94. The van der Waals surface area contributed by atoms with Crippen molar-refractivity contribution < 1.29 is 14.3 Å². The van der Waals surface area contributed by atoms with Crippen molar-refractivity contribution in [3.05, 3.63) is 72.1 Å². The SMILES string of the molecule is CC(OC(=O)c1c[nH]c2ccccc12)C(=O)c1c[nH]c2ccccc12. The van der Waals surface area contributed by atoms with Crippen molar-refractivity contribution in [1.29, 1.82) is 0 Å². The molecule has 0 saturated heterocycles. The third-order valence-electron chi connectivity index (χ3n) is 4.32. The summed E-state index contributed by atoms with van der Waals surface area (Å²) in [7, 11) is 0. The van der Waals surface area contributed by atoms with Crippen LogP contribution in [0.2, 0.25) is 0 Å². The van der Waals surface area contributed by atoms with Gasteiger partial charge in [0.1, 0.15) is 0 Å². The molecule has 2 heterocycles. The minimum absolute atomic E-state index is 0.231. The van der Waals surface area contributed by atoms with E-state index in [0.717, 1.165) is 21.8 Å². The molecule has 124 valence electrons. The van der Waals surface area contributed by atoms with Gasteiger partial charge in [-0.1, -0.05) is 36.4 Å². The van der Waals surface area contributed by atoms with E-state index in [1.807, 2.05) is 48.5 Å². The monoisotopic (exact) mass is 332 g/mol. The molecule has 1 atom stereocenters. The predicted molar refractivity (Wildman–Crippen MR) is 95.8 cm³/mol. The van der Waals surface area contributed by atoms with Gasteiger partial charge in [0.2, 0.25) is 5.78 Å². The van der Waals surface area contributed by atoms with Gasteiger partial charge in [-0.2, -0.15) is 0 Å². The van der Waals surface area contributed by atoms with Crippen LogP contribution in [-0.4, -0.2) is 27.8 Å². The number of hydrogen-bond acceptors (Lipinski definition) is 3. The van der Waals surface area contributed by atoms with Gasteiger partial charge >= 0.3 is 5.97 Å². The van der Waals surface area contributed by atoms with Crippen molar-refractivity contribution in [3.8, 4) is 0 Å². The molecule has 2 aromatic heterocycles. The zero-order valence-corrected chi connectivity index (χ0v) is 13.6. The fourth-order valence-electron chi connectivity index (χ4n) is 3.01. The number of carbonyl (C=O) groups is 2. The fourth-order valence-corrected chi connectivity index (χ4v) is 3.01. The molecule has 2 N–H and O–H groups in total. The maximum atomic E-state index is 12.7. The number of nitrogens with one attached hydrogen (secondary N) is 2. The van der Waals surface area contributed by atoms with Crippen LogP contribution in [0.25, 0.3) is 21.8 Å². The van der Waals surface area contributed by atoms with Crippen LogP contribution in [0.3, 0.4) is 0 Å². The average molecular weight is 332 g/mol. The summed E-state index contributed by atoms with van der Waals surface area (Å²) in [6.45, 7) is 1.59.